The molecule has 0 amide bonds. The molecular formula is C27H31F7O3. The van der Waals surface area contributed by atoms with Crippen molar-refractivity contribution in [3.63, 3.8) is 0 Å². The molecule has 2 aliphatic rings. The van der Waals surface area contributed by atoms with E-state index in [2.05, 4.69) is 16.4 Å². The lowest BCUT2D eigenvalue weighted by Crippen LogP contribution is -2.38. The largest absolute Gasteiger partial charge is 0.432 e. The normalized spacial score (nSPS) is 24.5. The summed E-state index contributed by atoms with van der Waals surface area (Å²) in [7, 11) is 0. The smallest absolute Gasteiger partial charge is 0.400 e. The van der Waals surface area contributed by atoms with Gasteiger partial charge in [0, 0.05) is 27.1 Å². The molecule has 0 N–H and O–H groups in total. The topological polar surface area (TPSA) is 35.5 Å². The fourth-order valence-electron chi connectivity index (χ4n) is 5.48. The van der Waals surface area contributed by atoms with Crippen molar-refractivity contribution >= 4 is 5.97 Å². The van der Waals surface area contributed by atoms with Gasteiger partial charge in [-0.3, -0.25) is 0 Å². The van der Waals surface area contributed by atoms with E-state index in [1.54, 1.807) is 0 Å². The van der Waals surface area contributed by atoms with Crippen molar-refractivity contribution < 1.29 is 47.9 Å². The van der Waals surface area contributed by atoms with Crippen molar-refractivity contribution in [2.75, 3.05) is 0 Å². The summed E-state index contributed by atoms with van der Waals surface area (Å²) < 4.78 is 108. The summed E-state index contributed by atoms with van der Waals surface area (Å²) in [6.07, 6.45) is 2.58. The Kier molecular flexibility index (Phi) is 8.04. The van der Waals surface area contributed by atoms with Gasteiger partial charge < -0.3 is 9.47 Å². The molecule has 0 bridgehead atoms. The van der Waals surface area contributed by atoms with Crippen LogP contribution in [0.25, 0.3) is 0 Å². The maximum atomic E-state index is 14.9. The Balaban J connectivity index is 0.00000267. The number of halogens is 7. The monoisotopic (exact) mass is 536 g/mol. The SMILES string of the molecule is CC1CCC(C2CCC(C(F)(F)Oc3cc(F)c(C(=O)Oc4cc(F)c(F)c(F)c4)c(F)c3)CC2)CC1.[HH].[HH]. The number of hydrogen-bond acceptors (Lipinski definition) is 3. The summed E-state index contributed by atoms with van der Waals surface area (Å²) >= 11 is 0. The van der Waals surface area contributed by atoms with E-state index in [0.717, 1.165) is 25.7 Å². The van der Waals surface area contributed by atoms with Gasteiger partial charge in [0.25, 0.3) is 0 Å². The molecule has 10 heteroatoms. The Morgan fingerprint density at radius 1 is 0.757 bits per heavy atom. The molecule has 0 saturated heterocycles. The van der Waals surface area contributed by atoms with Crippen LogP contribution in [-0.2, 0) is 0 Å². The van der Waals surface area contributed by atoms with Crippen LogP contribution >= 0.6 is 0 Å². The van der Waals surface area contributed by atoms with Crippen molar-refractivity contribution in [1.82, 2.24) is 0 Å². The molecule has 2 aliphatic carbocycles. The zero-order valence-electron chi connectivity index (χ0n) is 20.1. The lowest BCUT2D eigenvalue weighted by atomic mass is 9.69. The molecule has 2 saturated carbocycles. The fraction of sp³-hybridized carbons (Fsp3) is 0.519. The summed E-state index contributed by atoms with van der Waals surface area (Å²) in [5.74, 6) is -11.2. The molecule has 0 aromatic heterocycles. The number of benzene rings is 2. The molecular weight excluding hydrogens is 505 g/mol. The van der Waals surface area contributed by atoms with Gasteiger partial charge in [-0.25, -0.2) is 26.7 Å². The average Bonchev–Trinajstić information content (AvgIpc) is 2.82. The standard InChI is InChI=1S/C27H27F7O3.2H2/c1-14-2-4-15(5-3-14)16-6-8-17(9-7-16)27(33,34)37-19-12-20(28)24(21(29)13-19)26(35)36-18-10-22(30)25(32)23(31)11-18;;/h10-17H,2-9H2,1H3;2*1H. The van der Waals surface area contributed by atoms with Crippen LogP contribution in [0.2, 0.25) is 0 Å². The van der Waals surface area contributed by atoms with Gasteiger partial charge in [-0.1, -0.05) is 19.8 Å². The number of carbonyl (C=O) groups is 1. The van der Waals surface area contributed by atoms with E-state index in [1.165, 1.54) is 0 Å². The van der Waals surface area contributed by atoms with Crippen molar-refractivity contribution in [2.24, 2.45) is 23.7 Å². The predicted octanol–water partition coefficient (Wildman–Crippen LogP) is 8.70. The lowest BCUT2D eigenvalue weighted by molar-refractivity contribution is -0.224. The molecule has 2 fully saturated rings. The predicted molar refractivity (Wildman–Crippen MR) is 124 cm³/mol. The minimum absolute atomic E-state index is 0. The second-order valence-electron chi connectivity index (χ2n) is 10.1. The van der Waals surface area contributed by atoms with Gasteiger partial charge in [-0.15, -0.1) is 0 Å². The number of hydrogen-bond donors (Lipinski definition) is 0. The van der Waals surface area contributed by atoms with Crippen LogP contribution < -0.4 is 9.47 Å². The van der Waals surface area contributed by atoms with Crippen molar-refractivity contribution in [3.8, 4) is 11.5 Å². The second-order valence-corrected chi connectivity index (χ2v) is 10.1. The number of ether oxygens (including phenoxy) is 2. The zero-order valence-corrected chi connectivity index (χ0v) is 20.1. The van der Waals surface area contributed by atoms with Gasteiger partial charge in [0.2, 0.25) is 0 Å². The van der Waals surface area contributed by atoms with E-state index in [-0.39, 0.29) is 15.7 Å². The molecule has 206 valence electrons. The van der Waals surface area contributed by atoms with Crippen LogP contribution in [0.3, 0.4) is 0 Å². The van der Waals surface area contributed by atoms with Crippen molar-refractivity contribution in [2.45, 2.75) is 64.4 Å². The number of rotatable bonds is 6. The van der Waals surface area contributed by atoms with E-state index in [4.69, 9.17) is 0 Å². The van der Waals surface area contributed by atoms with Crippen LogP contribution in [0, 0.1) is 52.8 Å². The highest BCUT2D eigenvalue weighted by Crippen LogP contribution is 2.45. The lowest BCUT2D eigenvalue weighted by Gasteiger charge is -2.38. The first kappa shape index (κ1) is 27.3. The molecule has 4 rings (SSSR count). The summed E-state index contributed by atoms with van der Waals surface area (Å²) in [5.41, 5.74) is -1.29. The van der Waals surface area contributed by atoms with Crippen LogP contribution in [0.15, 0.2) is 24.3 Å². The highest BCUT2D eigenvalue weighted by atomic mass is 19.3. The molecule has 2 aromatic rings. The van der Waals surface area contributed by atoms with E-state index in [9.17, 15) is 35.5 Å². The van der Waals surface area contributed by atoms with Crippen molar-refractivity contribution in [3.05, 3.63) is 58.9 Å². The molecule has 0 radical (unpaired) electrons. The first-order chi connectivity index (χ1) is 17.4. The summed E-state index contributed by atoms with van der Waals surface area (Å²) in [6.45, 7) is 2.22. The Labute approximate surface area is 212 Å². The molecule has 0 unspecified atom stereocenters. The van der Waals surface area contributed by atoms with E-state index in [1.807, 2.05) is 0 Å². The van der Waals surface area contributed by atoms with Crippen molar-refractivity contribution in [1.29, 1.82) is 0 Å². The number of esters is 1. The highest BCUT2D eigenvalue weighted by molar-refractivity contribution is 5.91. The summed E-state index contributed by atoms with van der Waals surface area (Å²) in [6, 6.07) is 1.45. The number of alkyl halides is 2. The Hall–Kier alpha value is -2.78. The molecule has 2 aromatic carbocycles. The zero-order chi connectivity index (χ0) is 26.9. The molecule has 37 heavy (non-hydrogen) atoms. The average molecular weight is 537 g/mol. The van der Waals surface area contributed by atoms with Crippen LogP contribution in [0.4, 0.5) is 30.7 Å². The van der Waals surface area contributed by atoms with Crippen LogP contribution in [0.1, 0.15) is 71.5 Å². The molecule has 0 spiro atoms. The summed E-state index contributed by atoms with van der Waals surface area (Å²) in [5, 5.41) is 0. The quantitative estimate of drug-likeness (QED) is 0.160. The third kappa shape index (κ3) is 6.21. The van der Waals surface area contributed by atoms with Crippen LogP contribution in [-0.4, -0.2) is 12.1 Å². The van der Waals surface area contributed by atoms with Gasteiger partial charge in [-0.05, 0) is 56.3 Å². The van der Waals surface area contributed by atoms with Gasteiger partial charge in [0.05, 0.1) is 5.92 Å². The first-order valence-electron chi connectivity index (χ1n) is 12.4. The Bertz CT molecular complexity index is 1100. The Morgan fingerprint density at radius 3 is 1.73 bits per heavy atom. The van der Waals surface area contributed by atoms with Crippen LogP contribution in [0.5, 0.6) is 11.5 Å². The van der Waals surface area contributed by atoms with E-state index in [0.29, 0.717) is 54.9 Å². The highest BCUT2D eigenvalue weighted by Gasteiger charge is 2.45. The summed E-state index contributed by atoms with van der Waals surface area (Å²) in [4.78, 5) is 12.2. The minimum atomic E-state index is -3.68. The third-order valence-corrected chi connectivity index (χ3v) is 7.62. The maximum Gasteiger partial charge on any atom is 0.400 e. The first-order valence-corrected chi connectivity index (χ1v) is 12.4. The van der Waals surface area contributed by atoms with Gasteiger partial charge in [-0.2, -0.15) is 8.78 Å². The van der Waals surface area contributed by atoms with E-state index < -0.39 is 64.1 Å². The van der Waals surface area contributed by atoms with Gasteiger partial charge in [0.15, 0.2) is 17.5 Å². The van der Waals surface area contributed by atoms with Gasteiger partial charge in [0.1, 0.15) is 28.7 Å². The molecule has 0 heterocycles. The third-order valence-electron chi connectivity index (χ3n) is 7.62. The number of carbonyl (C=O) groups excluding carboxylic acids is 1. The Morgan fingerprint density at radius 2 is 1.22 bits per heavy atom. The molecule has 0 aliphatic heterocycles. The maximum absolute atomic E-state index is 14.9. The van der Waals surface area contributed by atoms with E-state index >= 15 is 0 Å². The van der Waals surface area contributed by atoms with Gasteiger partial charge >= 0.3 is 12.1 Å². The molecule has 3 nitrogen and oxygen atoms in total. The second kappa shape index (κ2) is 10.9. The fourth-order valence-corrected chi connectivity index (χ4v) is 5.48. The molecule has 0 atom stereocenters. The minimum Gasteiger partial charge on any atom is -0.432 e.